The van der Waals surface area contributed by atoms with Crippen LogP contribution in [0, 0.1) is 6.92 Å². The van der Waals surface area contributed by atoms with Crippen LogP contribution in [0.25, 0.3) is 0 Å². The Labute approximate surface area is 115 Å². The summed E-state index contributed by atoms with van der Waals surface area (Å²) < 4.78 is 11.3. The summed E-state index contributed by atoms with van der Waals surface area (Å²) in [5.74, 6) is 1.83. The smallest absolute Gasteiger partial charge is 0.125 e. The molecule has 0 unspecified atom stereocenters. The van der Waals surface area contributed by atoms with E-state index in [0.717, 1.165) is 23.5 Å². The summed E-state index contributed by atoms with van der Waals surface area (Å²) in [7, 11) is 1.68. The molecule has 0 bridgehead atoms. The van der Waals surface area contributed by atoms with Crippen LogP contribution < -0.4 is 9.47 Å². The molecule has 0 aliphatic carbocycles. The van der Waals surface area contributed by atoms with Gasteiger partial charge in [-0.3, -0.25) is 0 Å². The van der Waals surface area contributed by atoms with Crippen molar-refractivity contribution in [1.82, 2.24) is 0 Å². The molecule has 19 heavy (non-hydrogen) atoms. The third kappa shape index (κ3) is 3.28. The van der Waals surface area contributed by atoms with Gasteiger partial charge in [0.15, 0.2) is 0 Å². The summed E-state index contributed by atoms with van der Waals surface area (Å²) in [5, 5.41) is 0. The summed E-state index contributed by atoms with van der Waals surface area (Å²) in [4.78, 5) is 0. The zero-order valence-corrected chi connectivity index (χ0v) is 11.8. The minimum absolute atomic E-state index is 0.528. The van der Waals surface area contributed by atoms with Crippen molar-refractivity contribution in [3.63, 3.8) is 0 Å². The van der Waals surface area contributed by atoms with Crippen molar-refractivity contribution in [2.45, 2.75) is 26.9 Å². The first-order valence-corrected chi connectivity index (χ1v) is 6.58. The molecule has 2 rings (SSSR count). The zero-order valence-electron chi connectivity index (χ0n) is 11.8. The number of benzene rings is 2. The molecule has 0 heterocycles. The van der Waals surface area contributed by atoms with Gasteiger partial charge in [0.05, 0.1) is 7.11 Å². The Kier molecular flexibility index (Phi) is 4.45. The van der Waals surface area contributed by atoms with Gasteiger partial charge < -0.3 is 9.47 Å². The van der Waals surface area contributed by atoms with Crippen molar-refractivity contribution in [2.75, 3.05) is 7.11 Å². The van der Waals surface area contributed by atoms with Gasteiger partial charge in [-0.05, 0) is 36.6 Å². The number of hydrogen-bond acceptors (Lipinski definition) is 2. The lowest BCUT2D eigenvalue weighted by molar-refractivity contribution is 0.294. The predicted octanol–water partition coefficient (Wildman–Crippen LogP) is 4.15. The van der Waals surface area contributed by atoms with Gasteiger partial charge >= 0.3 is 0 Å². The van der Waals surface area contributed by atoms with Gasteiger partial charge in [-0.2, -0.15) is 0 Å². The summed E-state index contributed by atoms with van der Waals surface area (Å²) in [5.41, 5.74) is 3.52. The van der Waals surface area contributed by atoms with Gasteiger partial charge in [0.2, 0.25) is 0 Å². The van der Waals surface area contributed by atoms with Crippen molar-refractivity contribution in [3.05, 3.63) is 59.2 Å². The van der Waals surface area contributed by atoms with Crippen molar-refractivity contribution in [3.8, 4) is 11.5 Å². The lowest BCUT2D eigenvalue weighted by Gasteiger charge is -2.13. The topological polar surface area (TPSA) is 18.5 Å². The highest BCUT2D eigenvalue weighted by molar-refractivity contribution is 5.38. The molecule has 2 aromatic carbocycles. The number of hydrogen-bond donors (Lipinski definition) is 0. The van der Waals surface area contributed by atoms with E-state index < -0.39 is 0 Å². The first-order chi connectivity index (χ1) is 9.24. The molecular formula is C17H20O2. The Hall–Kier alpha value is -1.96. The van der Waals surface area contributed by atoms with Crippen molar-refractivity contribution in [1.29, 1.82) is 0 Å². The maximum atomic E-state index is 5.96. The number of ether oxygens (including phenoxy) is 2. The predicted molar refractivity (Wildman–Crippen MR) is 77.9 cm³/mol. The van der Waals surface area contributed by atoms with Crippen LogP contribution in [0.3, 0.4) is 0 Å². The SMILES string of the molecule is CCc1ccc(C)cc1OCc1ccccc1OC. The van der Waals surface area contributed by atoms with Crippen LogP contribution in [0.15, 0.2) is 42.5 Å². The quantitative estimate of drug-likeness (QED) is 0.800. The number of aryl methyl sites for hydroxylation is 2. The fourth-order valence-electron chi connectivity index (χ4n) is 2.07. The number of methoxy groups -OCH3 is 1. The van der Waals surface area contributed by atoms with Gasteiger partial charge in [-0.25, -0.2) is 0 Å². The minimum Gasteiger partial charge on any atom is -0.496 e. The minimum atomic E-state index is 0.528. The summed E-state index contributed by atoms with van der Waals surface area (Å²) in [6.07, 6.45) is 0.974. The normalized spacial score (nSPS) is 10.3. The molecule has 0 aliphatic heterocycles. The van der Waals surface area contributed by atoms with Crippen LogP contribution in [0.2, 0.25) is 0 Å². The monoisotopic (exact) mass is 256 g/mol. The Morgan fingerprint density at radius 2 is 1.74 bits per heavy atom. The molecule has 0 atom stereocenters. The van der Waals surface area contributed by atoms with Crippen molar-refractivity contribution in [2.24, 2.45) is 0 Å². The fourth-order valence-corrected chi connectivity index (χ4v) is 2.07. The first-order valence-electron chi connectivity index (χ1n) is 6.58. The van der Waals surface area contributed by atoms with E-state index >= 15 is 0 Å². The molecular weight excluding hydrogens is 236 g/mol. The van der Waals surface area contributed by atoms with Gasteiger partial charge in [0.25, 0.3) is 0 Å². The second-order valence-corrected chi connectivity index (χ2v) is 4.57. The Balaban J connectivity index is 2.16. The lowest BCUT2D eigenvalue weighted by atomic mass is 10.1. The van der Waals surface area contributed by atoms with E-state index in [9.17, 15) is 0 Å². The zero-order chi connectivity index (χ0) is 13.7. The standard InChI is InChI=1S/C17H20O2/c1-4-14-10-9-13(2)11-17(14)19-12-15-7-5-6-8-16(15)18-3/h5-11H,4,12H2,1-3H3. The molecule has 0 N–H and O–H groups in total. The fraction of sp³-hybridized carbons (Fsp3) is 0.294. The van der Waals surface area contributed by atoms with Crippen molar-refractivity contribution >= 4 is 0 Å². The van der Waals surface area contributed by atoms with Crippen LogP contribution in [0.4, 0.5) is 0 Å². The van der Waals surface area contributed by atoms with Crippen LogP contribution >= 0.6 is 0 Å². The van der Waals surface area contributed by atoms with E-state index in [1.54, 1.807) is 7.11 Å². The summed E-state index contributed by atoms with van der Waals surface area (Å²) in [6, 6.07) is 14.3. The van der Waals surface area contributed by atoms with Gasteiger partial charge in [0, 0.05) is 5.56 Å². The molecule has 0 aromatic heterocycles. The number of para-hydroxylation sites is 1. The van der Waals surface area contributed by atoms with Crippen LogP contribution in [-0.2, 0) is 13.0 Å². The second kappa shape index (κ2) is 6.28. The molecule has 2 heteroatoms. The molecule has 2 nitrogen and oxygen atoms in total. The van der Waals surface area contributed by atoms with Gasteiger partial charge in [-0.15, -0.1) is 0 Å². The maximum absolute atomic E-state index is 5.96. The Bertz CT molecular complexity index is 547. The third-order valence-corrected chi connectivity index (χ3v) is 3.18. The van der Waals surface area contributed by atoms with Gasteiger partial charge in [-0.1, -0.05) is 37.3 Å². The molecule has 0 saturated carbocycles. The first kappa shape index (κ1) is 13.5. The van der Waals surface area contributed by atoms with E-state index in [1.807, 2.05) is 24.3 Å². The van der Waals surface area contributed by atoms with E-state index in [0.29, 0.717) is 6.61 Å². The summed E-state index contributed by atoms with van der Waals surface area (Å²) >= 11 is 0. The molecule has 0 radical (unpaired) electrons. The molecule has 100 valence electrons. The molecule has 2 aromatic rings. The molecule has 0 aliphatic rings. The maximum Gasteiger partial charge on any atom is 0.125 e. The van der Waals surface area contributed by atoms with Crippen LogP contribution in [0.5, 0.6) is 11.5 Å². The van der Waals surface area contributed by atoms with E-state index in [1.165, 1.54) is 11.1 Å². The lowest BCUT2D eigenvalue weighted by Crippen LogP contribution is -2.00. The van der Waals surface area contributed by atoms with Crippen molar-refractivity contribution < 1.29 is 9.47 Å². The molecule has 0 spiro atoms. The average Bonchev–Trinajstić information content (AvgIpc) is 2.45. The van der Waals surface area contributed by atoms with E-state index in [-0.39, 0.29) is 0 Å². The summed E-state index contributed by atoms with van der Waals surface area (Å²) in [6.45, 7) is 4.75. The second-order valence-electron chi connectivity index (χ2n) is 4.57. The average molecular weight is 256 g/mol. The van der Waals surface area contributed by atoms with Crippen LogP contribution in [-0.4, -0.2) is 7.11 Å². The Morgan fingerprint density at radius 1 is 0.947 bits per heavy atom. The van der Waals surface area contributed by atoms with Gasteiger partial charge in [0.1, 0.15) is 18.1 Å². The highest BCUT2D eigenvalue weighted by Gasteiger charge is 2.06. The van der Waals surface area contributed by atoms with E-state index in [4.69, 9.17) is 9.47 Å². The molecule has 0 fully saturated rings. The molecule has 0 saturated heterocycles. The number of rotatable bonds is 5. The van der Waals surface area contributed by atoms with Crippen LogP contribution in [0.1, 0.15) is 23.6 Å². The largest absolute Gasteiger partial charge is 0.496 e. The third-order valence-electron chi connectivity index (χ3n) is 3.18. The Morgan fingerprint density at radius 3 is 2.47 bits per heavy atom. The highest BCUT2D eigenvalue weighted by atomic mass is 16.5. The van der Waals surface area contributed by atoms with E-state index in [2.05, 4.69) is 32.0 Å². The molecule has 0 amide bonds. The highest BCUT2D eigenvalue weighted by Crippen LogP contribution is 2.24.